The molecule has 0 saturated carbocycles. The Bertz CT molecular complexity index is 1050. The number of hydrogen-bond acceptors (Lipinski definition) is 6. The molecule has 2 atom stereocenters. The number of likely N-dealkylation sites (N-methyl/N-ethyl adjacent to an activating group) is 1. The lowest BCUT2D eigenvalue weighted by molar-refractivity contribution is -0.137. The van der Waals surface area contributed by atoms with E-state index in [9.17, 15) is 19.8 Å². The Hall–Kier alpha value is -3.35. The number of amides is 2. The largest absolute Gasteiger partial charge is 0.488 e. The molecule has 0 radical (unpaired) electrons. The van der Waals surface area contributed by atoms with Crippen LogP contribution in [-0.4, -0.2) is 62.5 Å². The van der Waals surface area contributed by atoms with E-state index in [4.69, 9.17) is 10.5 Å². The normalized spacial score (nSPS) is 23.2. The number of rotatable bonds is 1. The number of likely N-dealkylation sites (tertiary alicyclic amines) is 1. The van der Waals surface area contributed by atoms with Gasteiger partial charge in [0.05, 0.1) is 5.69 Å². The van der Waals surface area contributed by atoms with E-state index in [1.165, 1.54) is 15.6 Å². The second kappa shape index (κ2) is 6.37. The zero-order valence-electron chi connectivity index (χ0n) is 15.0. The summed E-state index contributed by atoms with van der Waals surface area (Å²) in [6.07, 6.45) is -0.754. The van der Waals surface area contributed by atoms with E-state index >= 15 is 0 Å². The SMILES string of the molecule is CN1CC[C@@](O)(C#Cc2ccc3c(c2)-n2nc(C(N)=O)cc2C(O)CO3)C1=O. The Morgan fingerprint density at radius 1 is 1.43 bits per heavy atom. The van der Waals surface area contributed by atoms with Crippen LogP contribution in [0.1, 0.15) is 34.3 Å². The summed E-state index contributed by atoms with van der Waals surface area (Å²) in [6.45, 7) is 0.426. The van der Waals surface area contributed by atoms with Crippen LogP contribution in [0.25, 0.3) is 5.69 Å². The summed E-state index contributed by atoms with van der Waals surface area (Å²) in [7, 11) is 1.61. The fourth-order valence-corrected chi connectivity index (χ4v) is 3.23. The van der Waals surface area contributed by atoms with Crippen LogP contribution in [0.2, 0.25) is 0 Å². The highest BCUT2D eigenvalue weighted by molar-refractivity contribution is 5.91. The van der Waals surface area contributed by atoms with Gasteiger partial charge < -0.3 is 25.6 Å². The Kier molecular flexibility index (Phi) is 4.10. The number of hydrogen-bond donors (Lipinski definition) is 3. The molecule has 9 heteroatoms. The lowest BCUT2D eigenvalue weighted by Gasteiger charge is -2.13. The number of benzene rings is 1. The van der Waals surface area contributed by atoms with E-state index in [1.54, 1.807) is 25.2 Å². The minimum absolute atomic E-state index is 0.0114. The Morgan fingerprint density at radius 3 is 2.89 bits per heavy atom. The first-order chi connectivity index (χ1) is 13.3. The first-order valence-electron chi connectivity index (χ1n) is 8.65. The molecule has 1 fully saturated rings. The zero-order chi connectivity index (χ0) is 20.1. The van der Waals surface area contributed by atoms with Crippen molar-refractivity contribution < 1.29 is 24.5 Å². The van der Waals surface area contributed by atoms with Crippen molar-refractivity contribution in [2.75, 3.05) is 20.2 Å². The molecule has 1 unspecified atom stereocenters. The molecule has 0 spiro atoms. The molecule has 2 aromatic rings. The molecule has 144 valence electrons. The van der Waals surface area contributed by atoms with E-state index in [0.29, 0.717) is 29.2 Å². The van der Waals surface area contributed by atoms with E-state index < -0.39 is 23.5 Å². The van der Waals surface area contributed by atoms with Crippen molar-refractivity contribution in [3.05, 3.63) is 41.2 Å². The second-order valence-electron chi connectivity index (χ2n) is 6.83. The summed E-state index contributed by atoms with van der Waals surface area (Å²) >= 11 is 0. The number of carbonyl (C=O) groups excluding carboxylic acids is 2. The minimum Gasteiger partial charge on any atom is -0.488 e. The van der Waals surface area contributed by atoms with Gasteiger partial charge in [-0.1, -0.05) is 11.8 Å². The molecule has 0 aliphatic carbocycles. The van der Waals surface area contributed by atoms with Crippen LogP contribution in [0.15, 0.2) is 24.3 Å². The number of aromatic nitrogens is 2. The average molecular weight is 382 g/mol. The van der Waals surface area contributed by atoms with Crippen molar-refractivity contribution >= 4 is 11.8 Å². The summed E-state index contributed by atoms with van der Waals surface area (Å²) < 4.78 is 6.99. The third kappa shape index (κ3) is 2.89. The highest BCUT2D eigenvalue weighted by Gasteiger charge is 2.42. The van der Waals surface area contributed by atoms with E-state index in [1.807, 2.05) is 0 Å². The van der Waals surface area contributed by atoms with Crippen molar-refractivity contribution in [3.63, 3.8) is 0 Å². The number of ether oxygens (including phenoxy) is 1. The molecule has 2 amide bonds. The van der Waals surface area contributed by atoms with Crippen molar-refractivity contribution in [1.29, 1.82) is 0 Å². The maximum atomic E-state index is 12.1. The highest BCUT2D eigenvalue weighted by atomic mass is 16.5. The predicted molar refractivity (Wildman–Crippen MR) is 96.6 cm³/mol. The molecule has 0 bridgehead atoms. The van der Waals surface area contributed by atoms with Crippen LogP contribution < -0.4 is 10.5 Å². The smallest absolute Gasteiger partial charge is 0.269 e. The molecule has 1 aromatic heterocycles. The van der Waals surface area contributed by atoms with E-state index in [0.717, 1.165) is 0 Å². The van der Waals surface area contributed by atoms with Gasteiger partial charge >= 0.3 is 0 Å². The van der Waals surface area contributed by atoms with Crippen LogP contribution in [-0.2, 0) is 4.79 Å². The lowest BCUT2D eigenvalue weighted by atomic mass is 10.0. The molecule has 3 heterocycles. The minimum atomic E-state index is -1.70. The summed E-state index contributed by atoms with van der Waals surface area (Å²) in [5.74, 6) is 4.78. The third-order valence-corrected chi connectivity index (χ3v) is 4.84. The van der Waals surface area contributed by atoms with Gasteiger partial charge in [-0.2, -0.15) is 5.10 Å². The Balaban J connectivity index is 1.76. The molecule has 4 N–H and O–H groups in total. The van der Waals surface area contributed by atoms with Crippen LogP contribution in [0, 0.1) is 11.8 Å². The molecule has 28 heavy (non-hydrogen) atoms. The summed E-state index contributed by atoms with van der Waals surface area (Å²) in [5, 5.41) is 24.9. The standard InChI is InChI=1S/C19H18N4O5/c1-22-7-6-19(27,18(22)26)5-4-11-2-3-16-14(8-11)23-13(15(24)10-28-16)9-12(21-23)17(20)25/h2-3,8-9,15,24,27H,6-7,10H2,1H3,(H2,20,25)/t15?,19-/m0/s1. The quantitative estimate of drug-likeness (QED) is 0.562. The second-order valence-corrected chi connectivity index (χ2v) is 6.83. The number of carbonyl (C=O) groups is 2. The molecule has 1 saturated heterocycles. The fourth-order valence-electron chi connectivity index (χ4n) is 3.23. The molecule has 2 aliphatic rings. The first-order valence-corrected chi connectivity index (χ1v) is 8.65. The van der Waals surface area contributed by atoms with Gasteiger partial charge in [-0.05, 0) is 24.3 Å². The van der Waals surface area contributed by atoms with Crippen molar-refractivity contribution in [1.82, 2.24) is 14.7 Å². The molecule has 1 aromatic carbocycles. The Morgan fingerprint density at radius 2 is 2.21 bits per heavy atom. The average Bonchev–Trinajstić information content (AvgIpc) is 3.20. The number of aliphatic hydroxyl groups excluding tert-OH is 1. The third-order valence-electron chi connectivity index (χ3n) is 4.84. The van der Waals surface area contributed by atoms with Crippen LogP contribution >= 0.6 is 0 Å². The van der Waals surface area contributed by atoms with E-state index in [-0.39, 0.29) is 18.7 Å². The van der Waals surface area contributed by atoms with Crippen molar-refractivity contribution in [3.8, 4) is 23.3 Å². The molecular weight excluding hydrogens is 364 g/mol. The number of aliphatic hydroxyl groups is 2. The maximum absolute atomic E-state index is 12.1. The molecule has 9 nitrogen and oxygen atoms in total. The number of primary amides is 1. The number of nitrogens with zero attached hydrogens (tertiary/aromatic N) is 3. The van der Waals surface area contributed by atoms with Gasteiger partial charge in [-0.15, -0.1) is 0 Å². The van der Waals surface area contributed by atoms with Gasteiger partial charge in [-0.25, -0.2) is 4.68 Å². The van der Waals surface area contributed by atoms with Crippen LogP contribution in [0.4, 0.5) is 0 Å². The molecular formula is C19H18N4O5. The Labute approximate surface area is 160 Å². The van der Waals surface area contributed by atoms with Gasteiger partial charge in [0, 0.05) is 25.6 Å². The number of nitrogens with two attached hydrogens (primary N) is 1. The maximum Gasteiger partial charge on any atom is 0.269 e. The van der Waals surface area contributed by atoms with Gasteiger partial charge in [0.2, 0.25) is 5.60 Å². The number of fused-ring (bicyclic) bond motifs is 3. The van der Waals surface area contributed by atoms with E-state index in [2.05, 4.69) is 16.9 Å². The predicted octanol–water partition coefficient (Wildman–Crippen LogP) is -0.658. The van der Waals surface area contributed by atoms with Gasteiger partial charge in [0.1, 0.15) is 24.1 Å². The molecule has 4 rings (SSSR count). The highest BCUT2D eigenvalue weighted by Crippen LogP contribution is 2.32. The first kappa shape index (κ1) is 18.0. The molecule has 2 aliphatic heterocycles. The lowest BCUT2D eigenvalue weighted by Crippen LogP contribution is -2.37. The van der Waals surface area contributed by atoms with Crippen LogP contribution in [0.5, 0.6) is 5.75 Å². The topological polar surface area (TPSA) is 131 Å². The van der Waals surface area contributed by atoms with Gasteiger partial charge in [0.15, 0.2) is 5.69 Å². The summed E-state index contributed by atoms with van der Waals surface area (Å²) in [6, 6.07) is 6.39. The van der Waals surface area contributed by atoms with Gasteiger partial charge in [-0.3, -0.25) is 9.59 Å². The monoisotopic (exact) mass is 382 g/mol. The summed E-state index contributed by atoms with van der Waals surface area (Å²) in [5.41, 5.74) is 4.96. The van der Waals surface area contributed by atoms with Crippen molar-refractivity contribution in [2.45, 2.75) is 18.1 Å². The fraction of sp³-hybridized carbons (Fsp3) is 0.316. The van der Waals surface area contributed by atoms with Gasteiger partial charge in [0.25, 0.3) is 11.8 Å². The van der Waals surface area contributed by atoms with Crippen LogP contribution in [0.3, 0.4) is 0 Å². The van der Waals surface area contributed by atoms with Crippen molar-refractivity contribution in [2.24, 2.45) is 5.73 Å². The zero-order valence-corrected chi connectivity index (χ0v) is 15.0. The summed E-state index contributed by atoms with van der Waals surface area (Å²) in [4.78, 5) is 25.0.